The molecular formula is C24H15F3N4O2. The number of halogens is 3. The zero-order chi connectivity index (χ0) is 23.1. The molecule has 2 aromatic heterocycles. The molecule has 5 rings (SSSR count). The number of hydrogen-bond donors (Lipinski definition) is 0. The maximum absolute atomic E-state index is 14.0. The molecule has 0 bridgehead atoms. The highest BCUT2D eigenvalue weighted by Crippen LogP contribution is 2.36. The molecule has 0 spiro atoms. The number of alkyl halides is 2. The Labute approximate surface area is 185 Å². The van der Waals surface area contributed by atoms with Gasteiger partial charge in [0.25, 0.3) is 6.43 Å². The van der Waals surface area contributed by atoms with Crippen LogP contribution in [0.2, 0.25) is 0 Å². The zero-order valence-corrected chi connectivity index (χ0v) is 17.2. The quantitative estimate of drug-likeness (QED) is 0.316. The second kappa shape index (κ2) is 8.01. The number of aromatic nitrogens is 4. The Balaban J connectivity index is 1.65. The molecule has 0 N–H and O–H groups in total. The van der Waals surface area contributed by atoms with Crippen LogP contribution in [-0.2, 0) is 7.05 Å². The molecule has 0 aliphatic carbocycles. The second-order valence-electron chi connectivity index (χ2n) is 7.43. The van der Waals surface area contributed by atoms with Crippen LogP contribution >= 0.6 is 0 Å². The van der Waals surface area contributed by atoms with Gasteiger partial charge in [0.2, 0.25) is 5.89 Å². The van der Waals surface area contributed by atoms with Crippen LogP contribution in [0.25, 0.3) is 45.1 Å². The summed E-state index contributed by atoms with van der Waals surface area (Å²) in [6.07, 6.45) is -0.816. The lowest BCUT2D eigenvalue weighted by molar-refractivity contribution is 0.112. The van der Waals surface area contributed by atoms with Gasteiger partial charge < -0.3 is 8.98 Å². The van der Waals surface area contributed by atoms with Crippen molar-refractivity contribution in [1.82, 2.24) is 19.7 Å². The Morgan fingerprint density at radius 2 is 1.85 bits per heavy atom. The first kappa shape index (κ1) is 20.6. The summed E-state index contributed by atoms with van der Waals surface area (Å²) >= 11 is 0. The van der Waals surface area contributed by atoms with E-state index in [2.05, 4.69) is 15.2 Å². The van der Waals surface area contributed by atoms with E-state index < -0.39 is 17.8 Å². The van der Waals surface area contributed by atoms with Crippen molar-refractivity contribution in [2.24, 2.45) is 7.05 Å². The van der Waals surface area contributed by atoms with Crippen LogP contribution in [0, 0.1) is 5.82 Å². The average Bonchev–Trinajstić information content (AvgIpc) is 3.44. The van der Waals surface area contributed by atoms with Crippen LogP contribution < -0.4 is 0 Å². The number of aldehydes is 1. The second-order valence-corrected chi connectivity index (χ2v) is 7.43. The van der Waals surface area contributed by atoms with Gasteiger partial charge in [-0.2, -0.15) is 0 Å². The van der Waals surface area contributed by atoms with Crippen molar-refractivity contribution in [2.75, 3.05) is 0 Å². The number of fused-ring (bicyclic) bond motifs is 1. The van der Waals surface area contributed by atoms with Crippen molar-refractivity contribution < 1.29 is 22.4 Å². The molecule has 0 aliphatic rings. The lowest BCUT2D eigenvalue weighted by Crippen LogP contribution is -1.95. The minimum Gasteiger partial charge on any atom is -0.436 e. The minimum absolute atomic E-state index is 0.0717. The lowest BCUT2D eigenvalue weighted by Gasteiger charge is -2.10. The normalized spacial score (nSPS) is 11.4. The molecule has 0 fully saturated rings. The molecule has 2 heterocycles. The molecule has 164 valence electrons. The summed E-state index contributed by atoms with van der Waals surface area (Å²) in [7, 11) is 1.76. The average molecular weight is 448 g/mol. The Kier molecular flexibility index (Phi) is 5.01. The van der Waals surface area contributed by atoms with E-state index in [0.29, 0.717) is 28.8 Å². The lowest BCUT2D eigenvalue weighted by atomic mass is 9.97. The SMILES string of the molecule is Cn1cnnc1-c1cc(F)ccc1-c1cccc(-c2nc3cc(C=O)cc(C(F)F)c3o2)c1. The maximum atomic E-state index is 14.0. The Hall–Kier alpha value is -4.27. The van der Waals surface area contributed by atoms with E-state index in [1.165, 1.54) is 24.5 Å². The molecule has 6 nitrogen and oxygen atoms in total. The van der Waals surface area contributed by atoms with Gasteiger partial charge in [0, 0.05) is 23.7 Å². The molecule has 0 atom stereocenters. The highest BCUT2D eigenvalue weighted by Gasteiger charge is 2.20. The van der Waals surface area contributed by atoms with E-state index in [1.54, 1.807) is 35.9 Å². The minimum atomic E-state index is -2.83. The van der Waals surface area contributed by atoms with Crippen LogP contribution in [0.4, 0.5) is 13.2 Å². The molecule has 0 aliphatic heterocycles. The highest BCUT2D eigenvalue weighted by atomic mass is 19.3. The monoisotopic (exact) mass is 448 g/mol. The zero-order valence-electron chi connectivity index (χ0n) is 17.2. The van der Waals surface area contributed by atoms with Crippen molar-refractivity contribution in [3.8, 4) is 34.0 Å². The first-order valence-electron chi connectivity index (χ1n) is 9.87. The third-order valence-corrected chi connectivity index (χ3v) is 5.27. The molecule has 0 radical (unpaired) electrons. The summed E-state index contributed by atoms with van der Waals surface area (Å²) in [5.74, 6) is 0.191. The molecule has 9 heteroatoms. The van der Waals surface area contributed by atoms with E-state index in [1.807, 2.05) is 6.07 Å². The first-order chi connectivity index (χ1) is 15.9. The summed E-state index contributed by atoms with van der Waals surface area (Å²) in [6, 6.07) is 13.9. The molecular weight excluding hydrogens is 433 g/mol. The van der Waals surface area contributed by atoms with Crippen LogP contribution in [0.3, 0.4) is 0 Å². The van der Waals surface area contributed by atoms with Gasteiger partial charge in [-0.05, 0) is 47.5 Å². The summed E-state index contributed by atoms with van der Waals surface area (Å²) in [4.78, 5) is 15.5. The number of benzene rings is 3. The third kappa shape index (κ3) is 3.67. The van der Waals surface area contributed by atoms with Gasteiger partial charge in [-0.15, -0.1) is 10.2 Å². The number of oxazole rings is 1. The Morgan fingerprint density at radius 1 is 1.03 bits per heavy atom. The van der Waals surface area contributed by atoms with Crippen molar-refractivity contribution in [3.05, 3.63) is 77.9 Å². The Morgan fingerprint density at radius 3 is 2.58 bits per heavy atom. The topological polar surface area (TPSA) is 73.8 Å². The van der Waals surface area contributed by atoms with Gasteiger partial charge in [0.1, 0.15) is 23.9 Å². The van der Waals surface area contributed by atoms with Gasteiger partial charge in [0.05, 0.1) is 5.56 Å². The van der Waals surface area contributed by atoms with Crippen molar-refractivity contribution >= 4 is 17.4 Å². The largest absolute Gasteiger partial charge is 0.436 e. The first-order valence-corrected chi connectivity index (χ1v) is 9.87. The third-order valence-electron chi connectivity index (χ3n) is 5.27. The molecule has 3 aromatic carbocycles. The van der Waals surface area contributed by atoms with E-state index in [-0.39, 0.29) is 22.6 Å². The number of carbonyl (C=O) groups is 1. The summed E-state index contributed by atoms with van der Waals surface area (Å²) in [5.41, 5.74) is 2.27. The summed E-state index contributed by atoms with van der Waals surface area (Å²) < 4.78 is 48.4. The van der Waals surface area contributed by atoms with E-state index in [4.69, 9.17) is 4.42 Å². The highest BCUT2D eigenvalue weighted by molar-refractivity contribution is 5.88. The standard InChI is InChI=1S/C24H15F3N4O2/c1-31-12-28-30-23(31)18-10-16(25)5-6-17(18)14-3-2-4-15(9-14)24-29-20-8-13(11-32)7-19(22(26)27)21(20)33-24/h2-12,22H,1H3. The van der Waals surface area contributed by atoms with Crippen LogP contribution in [0.15, 0.2) is 65.3 Å². The maximum Gasteiger partial charge on any atom is 0.267 e. The predicted octanol–water partition coefficient (Wildman–Crippen LogP) is 5.85. The van der Waals surface area contributed by atoms with Gasteiger partial charge in [-0.3, -0.25) is 4.79 Å². The van der Waals surface area contributed by atoms with Gasteiger partial charge in [-0.1, -0.05) is 18.2 Å². The predicted molar refractivity (Wildman–Crippen MR) is 115 cm³/mol. The fourth-order valence-electron chi connectivity index (χ4n) is 3.73. The number of rotatable bonds is 5. The van der Waals surface area contributed by atoms with E-state index in [0.717, 1.165) is 11.6 Å². The van der Waals surface area contributed by atoms with Crippen molar-refractivity contribution in [1.29, 1.82) is 0 Å². The molecule has 0 saturated heterocycles. The molecule has 0 unspecified atom stereocenters. The summed E-state index contributed by atoms with van der Waals surface area (Å²) in [5, 5.41) is 7.95. The molecule has 0 saturated carbocycles. The van der Waals surface area contributed by atoms with Gasteiger partial charge in [-0.25, -0.2) is 18.2 Å². The van der Waals surface area contributed by atoms with E-state index in [9.17, 15) is 18.0 Å². The molecule has 0 amide bonds. The molecule has 33 heavy (non-hydrogen) atoms. The number of nitrogens with zero attached hydrogens (tertiary/aromatic N) is 4. The smallest absolute Gasteiger partial charge is 0.267 e. The van der Waals surface area contributed by atoms with Gasteiger partial charge >= 0.3 is 0 Å². The fourth-order valence-corrected chi connectivity index (χ4v) is 3.73. The fraction of sp³-hybridized carbons (Fsp3) is 0.0833. The van der Waals surface area contributed by atoms with Gasteiger partial charge in [0.15, 0.2) is 11.4 Å². The molecule has 5 aromatic rings. The van der Waals surface area contributed by atoms with Crippen LogP contribution in [-0.4, -0.2) is 26.0 Å². The summed E-state index contributed by atoms with van der Waals surface area (Å²) in [6.45, 7) is 0. The number of aryl methyl sites for hydroxylation is 1. The van der Waals surface area contributed by atoms with Crippen molar-refractivity contribution in [2.45, 2.75) is 6.43 Å². The van der Waals surface area contributed by atoms with E-state index >= 15 is 0 Å². The van der Waals surface area contributed by atoms with Crippen molar-refractivity contribution in [3.63, 3.8) is 0 Å². The number of hydrogen-bond acceptors (Lipinski definition) is 5. The Bertz CT molecular complexity index is 1510. The number of carbonyl (C=O) groups excluding carboxylic acids is 1. The van der Waals surface area contributed by atoms with Crippen LogP contribution in [0.5, 0.6) is 0 Å². The van der Waals surface area contributed by atoms with Crippen LogP contribution in [0.1, 0.15) is 22.3 Å².